The first-order valence-electron chi connectivity index (χ1n) is 6.91. The van der Waals surface area contributed by atoms with Gasteiger partial charge in [0.1, 0.15) is 6.54 Å². The minimum Gasteiger partial charge on any atom is -1.00 e. The molecule has 0 aliphatic carbocycles. The second-order valence-corrected chi connectivity index (χ2v) is 4.86. The highest BCUT2D eigenvalue weighted by Crippen LogP contribution is 2.20. The molecule has 1 heterocycles. The van der Waals surface area contributed by atoms with Gasteiger partial charge in [0.2, 0.25) is 0 Å². The second kappa shape index (κ2) is 8.52. The van der Waals surface area contributed by atoms with Crippen molar-refractivity contribution in [1.29, 1.82) is 0 Å². The molecule has 5 heteroatoms. The molecule has 1 aromatic heterocycles. The number of nitrogens with zero attached hydrogens (tertiary/aromatic N) is 2. The number of pyridine rings is 1. The Morgan fingerprint density at radius 3 is 2.43 bits per heavy atom. The number of rotatable bonds is 6. The highest BCUT2D eigenvalue weighted by Gasteiger charge is 2.13. The molecule has 0 unspecified atom stereocenters. The van der Waals surface area contributed by atoms with Crippen LogP contribution in [0.5, 0.6) is 0 Å². The van der Waals surface area contributed by atoms with Gasteiger partial charge < -0.3 is 17.0 Å². The van der Waals surface area contributed by atoms with Gasteiger partial charge in [-0.3, -0.25) is 10.1 Å². The number of unbranched alkanes of at least 4 members (excludes halogenated alkanes) is 1. The van der Waals surface area contributed by atoms with Crippen molar-refractivity contribution in [2.24, 2.45) is 0 Å². The van der Waals surface area contributed by atoms with Gasteiger partial charge in [0.15, 0.2) is 12.4 Å². The number of aromatic nitrogens is 1. The van der Waals surface area contributed by atoms with Gasteiger partial charge in [-0.05, 0) is 5.56 Å². The lowest BCUT2D eigenvalue weighted by molar-refractivity contribution is -0.697. The van der Waals surface area contributed by atoms with E-state index in [1.54, 1.807) is 12.1 Å². The van der Waals surface area contributed by atoms with Gasteiger partial charge in [-0.2, -0.15) is 0 Å². The first kappa shape index (κ1) is 17.3. The normalized spacial score (nSPS) is 9.95. The molecule has 2 aromatic rings. The topological polar surface area (TPSA) is 47.0 Å². The van der Waals surface area contributed by atoms with Crippen molar-refractivity contribution in [2.45, 2.75) is 32.7 Å². The lowest BCUT2D eigenvalue weighted by Gasteiger charge is -2.03. The van der Waals surface area contributed by atoms with Crippen LogP contribution in [0.4, 0.5) is 5.69 Å². The summed E-state index contributed by atoms with van der Waals surface area (Å²) in [5.41, 5.74) is 2.03. The predicted octanol–water partition coefficient (Wildman–Crippen LogP) is 0.277. The first-order chi connectivity index (χ1) is 9.70. The van der Waals surface area contributed by atoms with Crippen molar-refractivity contribution in [2.75, 3.05) is 0 Å². The SMILES string of the molecule is CCCC[n+]1ccc(Cc2ccccc2[N+](=O)[O-])cc1.[Br-]. The molecule has 0 saturated heterocycles. The van der Waals surface area contributed by atoms with Crippen LogP contribution in [0.2, 0.25) is 0 Å². The fourth-order valence-electron chi connectivity index (χ4n) is 2.15. The van der Waals surface area contributed by atoms with Crippen LogP contribution >= 0.6 is 0 Å². The maximum Gasteiger partial charge on any atom is 0.272 e. The molecule has 0 spiro atoms. The van der Waals surface area contributed by atoms with Gasteiger partial charge in [0, 0.05) is 36.6 Å². The quantitative estimate of drug-likeness (QED) is 0.426. The average molecular weight is 351 g/mol. The van der Waals surface area contributed by atoms with Gasteiger partial charge in [-0.1, -0.05) is 31.5 Å². The minimum atomic E-state index is -0.320. The standard InChI is InChI=1S/C16H19N2O2.BrH/c1-2-3-10-17-11-8-14(9-12-17)13-15-6-4-5-7-16(15)18(19)20;/h4-9,11-12H,2-3,10,13H2,1H3;1H/q+1;/p-1. The second-order valence-electron chi connectivity index (χ2n) is 4.86. The lowest BCUT2D eigenvalue weighted by atomic mass is 10.0. The molecule has 0 atom stereocenters. The fourth-order valence-corrected chi connectivity index (χ4v) is 2.15. The zero-order valence-electron chi connectivity index (χ0n) is 12.0. The Morgan fingerprint density at radius 1 is 1.14 bits per heavy atom. The average Bonchev–Trinajstić information content (AvgIpc) is 2.47. The molecule has 0 fully saturated rings. The van der Waals surface area contributed by atoms with E-state index in [0.29, 0.717) is 6.42 Å². The highest BCUT2D eigenvalue weighted by atomic mass is 79.9. The van der Waals surface area contributed by atoms with E-state index in [2.05, 4.69) is 11.5 Å². The molecular weight excluding hydrogens is 332 g/mol. The Hall–Kier alpha value is -1.75. The zero-order chi connectivity index (χ0) is 14.4. The molecule has 0 bridgehead atoms. The third kappa shape index (κ3) is 4.93. The maximum atomic E-state index is 11.0. The van der Waals surface area contributed by atoms with Crippen molar-refractivity contribution in [3.05, 3.63) is 70.0 Å². The highest BCUT2D eigenvalue weighted by molar-refractivity contribution is 5.42. The third-order valence-electron chi connectivity index (χ3n) is 3.31. The van der Waals surface area contributed by atoms with Crippen LogP contribution in [-0.2, 0) is 13.0 Å². The summed E-state index contributed by atoms with van der Waals surface area (Å²) in [6.45, 7) is 3.19. The van der Waals surface area contributed by atoms with Crippen LogP contribution in [0, 0.1) is 10.1 Å². The summed E-state index contributed by atoms with van der Waals surface area (Å²) in [4.78, 5) is 10.7. The van der Waals surface area contributed by atoms with Crippen molar-refractivity contribution < 1.29 is 26.5 Å². The van der Waals surface area contributed by atoms with Gasteiger partial charge in [-0.15, -0.1) is 0 Å². The Morgan fingerprint density at radius 2 is 1.81 bits per heavy atom. The summed E-state index contributed by atoms with van der Waals surface area (Å²) in [5.74, 6) is 0. The number of halogens is 1. The van der Waals surface area contributed by atoms with E-state index in [-0.39, 0.29) is 27.6 Å². The van der Waals surface area contributed by atoms with Crippen molar-refractivity contribution in [3.63, 3.8) is 0 Å². The molecule has 2 rings (SSSR count). The summed E-state index contributed by atoms with van der Waals surface area (Å²) in [5, 5.41) is 11.0. The number of nitro groups is 1. The van der Waals surface area contributed by atoms with Gasteiger partial charge in [-0.25, -0.2) is 4.57 Å². The molecule has 0 amide bonds. The molecule has 4 nitrogen and oxygen atoms in total. The summed E-state index contributed by atoms with van der Waals surface area (Å²) in [6.07, 6.45) is 7.00. The molecule has 0 radical (unpaired) electrons. The predicted molar refractivity (Wildman–Crippen MR) is 77.4 cm³/mol. The Bertz CT molecular complexity index is 585. The van der Waals surface area contributed by atoms with Crippen LogP contribution in [0.25, 0.3) is 0 Å². The molecule has 0 aliphatic heterocycles. The van der Waals surface area contributed by atoms with E-state index < -0.39 is 0 Å². The largest absolute Gasteiger partial charge is 1.00 e. The Kier molecular flexibility index (Phi) is 7.02. The van der Waals surface area contributed by atoms with E-state index >= 15 is 0 Å². The molecular formula is C16H19BrN2O2. The van der Waals surface area contributed by atoms with Crippen LogP contribution in [-0.4, -0.2) is 4.92 Å². The lowest BCUT2D eigenvalue weighted by Crippen LogP contribution is -3.00. The number of nitro benzene ring substituents is 1. The molecule has 21 heavy (non-hydrogen) atoms. The van der Waals surface area contributed by atoms with E-state index in [9.17, 15) is 10.1 Å². The van der Waals surface area contributed by atoms with E-state index in [1.165, 1.54) is 6.42 Å². The number of hydrogen-bond donors (Lipinski definition) is 0. The minimum absolute atomic E-state index is 0. The molecule has 0 aliphatic rings. The van der Waals surface area contributed by atoms with Crippen LogP contribution in [0.3, 0.4) is 0 Å². The van der Waals surface area contributed by atoms with Crippen molar-refractivity contribution in [1.82, 2.24) is 0 Å². The van der Waals surface area contributed by atoms with E-state index in [0.717, 1.165) is 24.1 Å². The number of benzene rings is 1. The van der Waals surface area contributed by atoms with Gasteiger partial charge in [0.05, 0.1) is 4.92 Å². The molecule has 0 N–H and O–H groups in total. The summed E-state index contributed by atoms with van der Waals surface area (Å²) >= 11 is 0. The number of hydrogen-bond acceptors (Lipinski definition) is 2. The number of aryl methyl sites for hydroxylation is 1. The monoisotopic (exact) mass is 350 g/mol. The Balaban J connectivity index is 0.00000220. The van der Waals surface area contributed by atoms with E-state index in [4.69, 9.17) is 0 Å². The fraction of sp³-hybridized carbons (Fsp3) is 0.312. The van der Waals surface area contributed by atoms with Gasteiger partial charge in [0.25, 0.3) is 5.69 Å². The first-order valence-corrected chi connectivity index (χ1v) is 6.91. The van der Waals surface area contributed by atoms with Crippen LogP contribution < -0.4 is 21.5 Å². The number of para-hydroxylation sites is 1. The van der Waals surface area contributed by atoms with Crippen LogP contribution in [0.1, 0.15) is 30.9 Å². The van der Waals surface area contributed by atoms with Crippen LogP contribution in [0.15, 0.2) is 48.8 Å². The zero-order valence-corrected chi connectivity index (χ0v) is 13.6. The van der Waals surface area contributed by atoms with E-state index in [1.807, 2.05) is 36.7 Å². The summed E-state index contributed by atoms with van der Waals surface area (Å²) < 4.78 is 2.15. The Labute approximate surface area is 135 Å². The summed E-state index contributed by atoms with van der Waals surface area (Å²) in [7, 11) is 0. The van der Waals surface area contributed by atoms with Gasteiger partial charge >= 0.3 is 0 Å². The molecule has 1 aromatic carbocycles. The third-order valence-corrected chi connectivity index (χ3v) is 3.31. The molecule has 112 valence electrons. The van der Waals surface area contributed by atoms with Crippen molar-refractivity contribution >= 4 is 5.69 Å². The maximum absolute atomic E-state index is 11.0. The van der Waals surface area contributed by atoms with Crippen molar-refractivity contribution in [3.8, 4) is 0 Å². The molecule has 0 saturated carbocycles. The smallest absolute Gasteiger partial charge is 0.272 e. The summed E-state index contributed by atoms with van der Waals surface area (Å²) in [6, 6.07) is 11.0.